The summed E-state index contributed by atoms with van der Waals surface area (Å²) in [5, 5.41) is 20.8. The molecule has 0 aliphatic carbocycles. The van der Waals surface area contributed by atoms with E-state index in [0.717, 1.165) is 12.8 Å². The average Bonchev–Trinajstić information content (AvgIpc) is 3.30. The third-order valence-electron chi connectivity index (χ3n) is 5.99. The van der Waals surface area contributed by atoms with Crippen LogP contribution in [0.5, 0.6) is 0 Å². The van der Waals surface area contributed by atoms with Crippen molar-refractivity contribution in [2.75, 3.05) is 18.9 Å². The Hall–Kier alpha value is -2.01. The zero-order valence-electron chi connectivity index (χ0n) is 18.9. The Morgan fingerprint density at radius 3 is 2.44 bits per heavy atom. The van der Waals surface area contributed by atoms with Gasteiger partial charge >= 0.3 is 0 Å². The molecule has 3 rings (SSSR count). The van der Waals surface area contributed by atoms with E-state index in [0.29, 0.717) is 6.61 Å². The van der Waals surface area contributed by atoms with Crippen LogP contribution in [0.2, 0.25) is 0 Å². The SMILES string of the molecule is CCCCCCCCCCCCOC[C@H]1O[C@@H](n2cnc3c(=O)[nH]c(N)nc32)[C@H](O)[C@@H]1O. The van der Waals surface area contributed by atoms with Gasteiger partial charge in [0.1, 0.15) is 18.3 Å². The van der Waals surface area contributed by atoms with Crippen molar-refractivity contribution in [3.8, 4) is 0 Å². The van der Waals surface area contributed by atoms with Gasteiger partial charge in [-0.1, -0.05) is 64.7 Å². The van der Waals surface area contributed by atoms with Gasteiger partial charge in [-0.15, -0.1) is 0 Å². The van der Waals surface area contributed by atoms with E-state index in [1.165, 1.54) is 62.3 Å². The zero-order chi connectivity index (χ0) is 22.9. The van der Waals surface area contributed by atoms with Crippen molar-refractivity contribution in [2.24, 2.45) is 0 Å². The molecule has 0 unspecified atom stereocenters. The highest BCUT2D eigenvalue weighted by Gasteiger charge is 2.44. The smallest absolute Gasteiger partial charge is 0.280 e. The molecule has 5 N–H and O–H groups in total. The maximum absolute atomic E-state index is 12.0. The van der Waals surface area contributed by atoms with Crippen molar-refractivity contribution >= 4 is 17.1 Å². The van der Waals surface area contributed by atoms with Crippen LogP contribution in [-0.4, -0.2) is 61.3 Å². The van der Waals surface area contributed by atoms with Crippen LogP contribution in [-0.2, 0) is 9.47 Å². The van der Waals surface area contributed by atoms with Gasteiger partial charge in [0.25, 0.3) is 5.56 Å². The van der Waals surface area contributed by atoms with Crippen molar-refractivity contribution in [3.05, 3.63) is 16.7 Å². The number of nitrogen functional groups attached to an aromatic ring is 1. The molecule has 10 nitrogen and oxygen atoms in total. The number of hydrogen-bond acceptors (Lipinski definition) is 8. The molecule has 1 saturated heterocycles. The molecule has 1 aliphatic heterocycles. The second-order valence-corrected chi connectivity index (χ2v) is 8.58. The fourth-order valence-corrected chi connectivity index (χ4v) is 4.12. The minimum absolute atomic E-state index is 0.0614. The number of H-pyrrole nitrogens is 1. The van der Waals surface area contributed by atoms with Crippen LogP contribution in [0.4, 0.5) is 5.95 Å². The highest BCUT2D eigenvalue weighted by Crippen LogP contribution is 2.31. The summed E-state index contributed by atoms with van der Waals surface area (Å²) in [5.74, 6) is -0.0614. The number of anilines is 1. The number of nitrogens with zero attached hydrogens (tertiary/aromatic N) is 3. The molecular weight excluding hydrogens is 414 g/mol. The van der Waals surface area contributed by atoms with E-state index in [1.807, 2.05) is 0 Å². The molecule has 0 amide bonds. The van der Waals surface area contributed by atoms with Crippen LogP contribution in [0.1, 0.15) is 77.4 Å². The molecule has 0 bridgehead atoms. The first kappa shape index (κ1) is 24.6. The normalized spacial score (nSPS) is 23.3. The predicted molar refractivity (Wildman–Crippen MR) is 121 cm³/mol. The first-order chi connectivity index (χ1) is 15.5. The highest BCUT2D eigenvalue weighted by atomic mass is 16.6. The lowest BCUT2D eigenvalue weighted by Crippen LogP contribution is -2.34. The summed E-state index contributed by atoms with van der Waals surface area (Å²) in [6.07, 6.45) is 9.94. The maximum Gasteiger partial charge on any atom is 0.280 e. The van der Waals surface area contributed by atoms with Gasteiger partial charge in [0, 0.05) is 6.61 Å². The van der Waals surface area contributed by atoms with E-state index >= 15 is 0 Å². The molecule has 2 aromatic rings. The Morgan fingerprint density at radius 2 is 1.75 bits per heavy atom. The summed E-state index contributed by atoms with van der Waals surface area (Å²) >= 11 is 0. The second-order valence-electron chi connectivity index (χ2n) is 8.58. The molecule has 0 saturated carbocycles. The first-order valence-electron chi connectivity index (χ1n) is 11.8. The number of nitrogens with one attached hydrogen (secondary N) is 1. The minimum atomic E-state index is -1.21. The van der Waals surface area contributed by atoms with Crippen molar-refractivity contribution in [1.82, 2.24) is 19.5 Å². The first-order valence-corrected chi connectivity index (χ1v) is 11.8. The van der Waals surface area contributed by atoms with Gasteiger partial charge in [0.15, 0.2) is 17.4 Å². The van der Waals surface area contributed by atoms with Crippen LogP contribution < -0.4 is 11.3 Å². The number of aliphatic hydroxyl groups is 2. The number of aromatic nitrogens is 4. The lowest BCUT2D eigenvalue weighted by Gasteiger charge is -2.16. The number of fused-ring (bicyclic) bond motifs is 1. The molecule has 0 aromatic carbocycles. The van der Waals surface area contributed by atoms with Crippen molar-refractivity contribution in [3.63, 3.8) is 0 Å². The largest absolute Gasteiger partial charge is 0.387 e. The second kappa shape index (κ2) is 12.3. The molecule has 1 fully saturated rings. The van der Waals surface area contributed by atoms with Crippen LogP contribution in [0.15, 0.2) is 11.1 Å². The minimum Gasteiger partial charge on any atom is -0.387 e. The van der Waals surface area contributed by atoms with Crippen LogP contribution in [0.3, 0.4) is 0 Å². The summed E-state index contributed by atoms with van der Waals surface area (Å²) in [7, 11) is 0. The fourth-order valence-electron chi connectivity index (χ4n) is 4.12. The van der Waals surface area contributed by atoms with E-state index < -0.39 is 30.1 Å². The molecule has 2 aromatic heterocycles. The Morgan fingerprint density at radius 1 is 1.09 bits per heavy atom. The van der Waals surface area contributed by atoms with Gasteiger partial charge < -0.3 is 25.4 Å². The molecule has 4 atom stereocenters. The van der Waals surface area contributed by atoms with Gasteiger partial charge in [0.2, 0.25) is 5.95 Å². The van der Waals surface area contributed by atoms with Gasteiger partial charge in [0.05, 0.1) is 12.9 Å². The number of unbranched alkanes of at least 4 members (excludes halogenated alkanes) is 9. The predicted octanol–water partition coefficient (Wildman–Crippen LogP) is 2.26. The molecule has 32 heavy (non-hydrogen) atoms. The van der Waals surface area contributed by atoms with Crippen molar-refractivity contribution in [2.45, 2.75) is 95.7 Å². The molecule has 1 aliphatic rings. The molecule has 0 radical (unpaired) electrons. The van der Waals surface area contributed by atoms with E-state index in [9.17, 15) is 15.0 Å². The van der Waals surface area contributed by atoms with Gasteiger partial charge in [-0.3, -0.25) is 14.3 Å². The quantitative estimate of drug-likeness (QED) is 0.320. The summed E-state index contributed by atoms with van der Waals surface area (Å²) in [5.41, 5.74) is 5.42. The number of aromatic amines is 1. The number of hydrogen-bond donors (Lipinski definition) is 4. The Balaban J connectivity index is 1.37. The zero-order valence-corrected chi connectivity index (χ0v) is 18.9. The molecule has 180 valence electrons. The highest BCUT2D eigenvalue weighted by molar-refractivity contribution is 5.70. The Kier molecular flexibility index (Phi) is 9.46. The number of ether oxygens (including phenoxy) is 2. The molecule has 0 spiro atoms. The van der Waals surface area contributed by atoms with Gasteiger partial charge in [-0.2, -0.15) is 4.98 Å². The van der Waals surface area contributed by atoms with E-state index in [1.54, 1.807) is 0 Å². The number of aliphatic hydroxyl groups excluding tert-OH is 2. The number of rotatable bonds is 14. The van der Waals surface area contributed by atoms with E-state index in [4.69, 9.17) is 15.2 Å². The fraction of sp³-hybridized carbons (Fsp3) is 0.773. The Bertz CT molecular complexity index is 885. The van der Waals surface area contributed by atoms with Crippen molar-refractivity contribution in [1.29, 1.82) is 0 Å². The molecular formula is C22H37N5O5. The monoisotopic (exact) mass is 451 g/mol. The topological polar surface area (TPSA) is 149 Å². The number of imidazole rings is 1. The Labute approximate surface area is 188 Å². The summed E-state index contributed by atoms with van der Waals surface area (Å²) in [6.45, 7) is 3.00. The van der Waals surface area contributed by atoms with E-state index in [2.05, 4.69) is 21.9 Å². The third-order valence-corrected chi connectivity index (χ3v) is 5.99. The standard InChI is InChI=1S/C22H37N5O5/c1-2-3-4-5-6-7-8-9-10-11-12-31-13-15-17(28)18(29)21(32-15)27-14-24-16-19(27)25-22(23)26-20(16)30/h14-15,17-18,21,28-29H,2-13H2,1H3,(H3,23,25,26,30)/t15-,17-,18-,21-/m1/s1. The van der Waals surface area contributed by atoms with E-state index in [-0.39, 0.29) is 23.7 Å². The van der Waals surface area contributed by atoms with Crippen LogP contribution in [0.25, 0.3) is 11.2 Å². The lowest BCUT2D eigenvalue weighted by molar-refractivity contribution is -0.0657. The van der Waals surface area contributed by atoms with Gasteiger partial charge in [-0.05, 0) is 6.42 Å². The molecule has 10 heteroatoms. The van der Waals surface area contributed by atoms with Crippen molar-refractivity contribution < 1.29 is 19.7 Å². The summed E-state index contributed by atoms with van der Waals surface area (Å²) in [4.78, 5) is 22.4. The lowest BCUT2D eigenvalue weighted by atomic mass is 10.1. The summed E-state index contributed by atoms with van der Waals surface area (Å²) in [6, 6.07) is 0. The van der Waals surface area contributed by atoms with Gasteiger partial charge in [-0.25, -0.2) is 4.98 Å². The third kappa shape index (κ3) is 6.28. The van der Waals surface area contributed by atoms with Crippen LogP contribution in [0, 0.1) is 0 Å². The van der Waals surface area contributed by atoms with Crippen LogP contribution >= 0.6 is 0 Å². The maximum atomic E-state index is 12.0. The summed E-state index contributed by atoms with van der Waals surface area (Å²) < 4.78 is 12.9. The number of nitrogens with two attached hydrogens (primary N) is 1. The molecule has 3 heterocycles. The average molecular weight is 452 g/mol.